The zero-order chi connectivity index (χ0) is 29.2. The van der Waals surface area contributed by atoms with Crippen molar-refractivity contribution in [3.05, 3.63) is 65.7 Å². The summed E-state index contributed by atoms with van der Waals surface area (Å²) in [5.74, 6) is -0.736. The molecular weight excluding hydrogens is 520 g/mol. The quantitative estimate of drug-likeness (QED) is 0.296. The van der Waals surface area contributed by atoms with E-state index >= 15 is 0 Å². The highest BCUT2D eigenvalue weighted by atomic mass is 32.2. The molecule has 0 N–H and O–H groups in total. The number of hydrogen-bond acceptors (Lipinski definition) is 7. The zero-order valence-electron chi connectivity index (χ0n) is 24.0. The first-order valence-electron chi connectivity index (χ1n) is 13.1. The van der Waals surface area contributed by atoms with Gasteiger partial charge in [0.1, 0.15) is 17.8 Å². The molecule has 2 rings (SSSR count). The molecule has 0 aliphatic carbocycles. The molecule has 0 aromatic heterocycles. The van der Waals surface area contributed by atoms with Crippen molar-refractivity contribution in [3.63, 3.8) is 0 Å². The summed E-state index contributed by atoms with van der Waals surface area (Å²) in [6, 6.07) is 13.8. The molecular formula is C29H42N2O7S. The lowest BCUT2D eigenvalue weighted by atomic mass is 10.0. The predicted octanol–water partition coefficient (Wildman–Crippen LogP) is 4.42. The number of carbonyl (C=O) groups is 2. The van der Waals surface area contributed by atoms with Crippen molar-refractivity contribution in [2.75, 3.05) is 21.3 Å². The maximum absolute atomic E-state index is 14.7. The number of benzene rings is 2. The molecule has 9 nitrogen and oxygen atoms in total. The van der Waals surface area contributed by atoms with E-state index in [-0.39, 0.29) is 37.8 Å². The number of nitrogens with zero attached hydrogens (tertiary/aromatic N) is 2. The molecule has 0 radical (unpaired) electrons. The highest BCUT2D eigenvalue weighted by Crippen LogP contribution is 2.28. The number of ether oxygens (including phenoxy) is 3. The lowest BCUT2D eigenvalue weighted by Gasteiger charge is -2.37. The van der Waals surface area contributed by atoms with Crippen LogP contribution in [0.25, 0.3) is 0 Å². The van der Waals surface area contributed by atoms with E-state index in [1.54, 1.807) is 55.6 Å². The minimum absolute atomic E-state index is 0.00956. The van der Waals surface area contributed by atoms with Gasteiger partial charge in [-0.05, 0) is 47.9 Å². The first-order valence-corrected chi connectivity index (χ1v) is 14.4. The SMILES string of the molecule is COC(=O)[C@H](CC(C)C)N(Cc1ccccc1)S(=O)(=O)N(Cc1ccc(OC)cc1)[C@@H](CC(C)C)C(=O)OC. The van der Waals surface area contributed by atoms with E-state index in [9.17, 15) is 18.0 Å². The second-order valence-electron chi connectivity index (χ2n) is 10.3. The highest BCUT2D eigenvalue weighted by Gasteiger charge is 2.44. The molecule has 0 unspecified atom stereocenters. The van der Waals surface area contributed by atoms with E-state index in [0.29, 0.717) is 16.9 Å². The molecule has 0 aliphatic heterocycles. The Bertz CT molecular complexity index is 1150. The van der Waals surface area contributed by atoms with Crippen molar-refractivity contribution < 1.29 is 32.2 Å². The van der Waals surface area contributed by atoms with Crippen molar-refractivity contribution in [1.29, 1.82) is 0 Å². The summed E-state index contributed by atoms with van der Waals surface area (Å²) in [5.41, 5.74) is 1.34. The fraction of sp³-hybridized carbons (Fsp3) is 0.517. The van der Waals surface area contributed by atoms with Crippen molar-refractivity contribution in [1.82, 2.24) is 8.61 Å². The third-order valence-electron chi connectivity index (χ3n) is 6.30. The van der Waals surface area contributed by atoms with Crippen LogP contribution in [0.4, 0.5) is 0 Å². The number of rotatable bonds is 15. The summed E-state index contributed by atoms with van der Waals surface area (Å²) in [4.78, 5) is 26.1. The van der Waals surface area contributed by atoms with E-state index in [0.717, 1.165) is 8.61 Å². The van der Waals surface area contributed by atoms with Crippen LogP contribution in [0.5, 0.6) is 5.75 Å². The Morgan fingerprint density at radius 2 is 1.10 bits per heavy atom. The van der Waals surface area contributed by atoms with Gasteiger partial charge in [-0.1, -0.05) is 70.2 Å². The average Bonchev–Trinajstić information content (AvgIpc) is 2.92. The average molecular weight is 563 g/mol. The molecule has 0 amide bonds. The Balaban J connectivity index is 2.74. The van der Waals surface area contributed by atoms with Crippen molar-refractivity contribution >= 4 is 22.1 Å². The molecule has 0 fully saturated rings. The second kappa shape index (κ2) is 15.0. The van der Waals surface area contributed by atoms with Crippen molar-refractivity contribution in [2.24, 2.45) is 11.8 Å². The van der Waals surface area contributed by atoms with Crippen molar-refractivity contribution in [2.45, 2.75) is 65.7 Å². The van der Waals surface area contributed by atoms with Crippen LogP contribution in [0.15, 0.2) is 54.6 Å². The van der Waals surface area contributed by atoms with Gasteiger partial charge in [-0.2, -0.15) is 17.0 Å². The third kappa shape index (κ3) is 9.05. The van der Waals surface area contributed by atoms with Gasteiger partial charge in [0.15, 0.2) is 0 Å². The summed E-state index contributed by atoms with van der Waals surface area (Å²) >= 11 is 0. The first kappa shape index (κ1) is 32.3. The van der Waals surface area contributed by atoms with Gasteiger partial charge < -0.3 is 14.2 Å². The maximum Gasteiger partial charge on any atom is 0.324 e. The normalized spacial score (nSPS) is 13.5. The lowest BCUT2D eigenvalue weighted by molar-refractivity contribution is -0.146. The fourth-order valence-electron chi connectivity index (χ4n) is 4.34. The van der Waals surface area contributed by atoms with Crippen LogP contribution in [0.2, 0.25) is 0 Å². The molecule has 216 valence electrons. The number of methoxy groups -OCH3 is 3. The molecule has 0 saturated carbocycles. The fourth-order valence-corrected chi connectivity index (χ4v) is 6.22. The van der Waals surface area contributed by atoms with Gasteiger partial charge in [-0.25, -0.2) is 0 Å². The molecule has 0 bridgehead atoms. The van der Waals surface area contributed by atoms with Crippen LogP contribution in [-0.4, -0.2) is 62.4 Å². The van der Waals surface area contributed by atoms with Crippen LogP contribution in [0, 0.1) is 11.8 Å². The van der Waals surface area contributed by atoms with Gasteiger partial charge in [-0.3, -0.25) is 9.59 Å². The first-order chi connectivity index (χ1) is 18.4. The topological polar surface area (TPSA) is 102 Å². The molecule has 0 heterocycles. The van der Waals surface area contributed by atoms with E-state index in [1.807, 2.05) is 33.8 Å². The minimum Gasteiger partial charge on any atom is -0.497 e. The molecule has 0 aliphatic rings. The van der Waals surface area contributed by atoms with Crippen molar-refractivity contribution in [3.8, 4) is 5.75 Å². The third-order valence-corrected chi connectivity index (χ3v) is 8.26. The minimum atomic E-state index is -4.44. The summed E-state index contributed by atoms with van der Waals surface area (Å²) in [5, 5.41) is 0. The van der Waals surface area contributed by atoms with Gasteiger partial charge in [0.2, 0.25) is 0 Å². The molecule has 10 heteroatoms. The molecule has 2 atom stereocenters. The predicted molar refractivity (Wildman–Crippen MR) is 150 cm³/mol. The van der Waals surface area contributed by atoms with Gasteiger partial charge in [0.25, 0.3) is 10.2 Å². The van der Waals surface area contributed by atoms with Gasteiger partial charge in [0, 0.05) is 13.1 Å². The summed E-state index contributed by atoms with van der Waals surface area (Å²) in [6.07, 6.45) is 0.469. The highest BCUT2D eigenvalue weighted by molar-refractivity contribution is 7.86. The largest absolute Gasteiger partial charge is 0.497 e. The van der Waals surface area contributed by atoms with Crippen LogP contribution < -0.4 is 4.74 Å². The summed E-state index contributed by atoms with van der Waals surface area (Å²) in [7, 11) is -0.409. The van der Waals surface area contributed by atoms with E-state index in [1.165, 1.54) is 14.2 Å². The van der Waals surface area contributed by atoms with E-state index < -0.39 is 34.2 Å². The van der Waals surface area contributed by atoms with Crippen LogP contribution in [-0.2, 0) is 42.4 Å². The Hall–Kier alpha value is -2.95. The number of esters is 2. The van der Waals surface area contributed by atoms with Crippen LogP contribution in [0.3, 0.4) is 0 Å². The summed E-state index contributed by atoms with van der Waals surface area (Å²) < 4.78 is 47.0. The van der Waals surface area contributed by atoms with Gasteiger partial charge in [-0.15, -0.1) is 0 Å². The van der Waals surface area contributed by atoms with Gasteiger partial charge in [0.05, 0.1) is 21.3 Å². The number of carbonyl (C=O) groups excluding carboxylic acids is 2. The Kier molecular flexibility index (Phi) is 12.4. The summed E-state index contributed by atoms with van der Waals surface area (Å²) in [6.45, 7) is 7.45. The smallest absolute Gasteiger partial charge is 0.324 e. The molecule has 2 aromatic rings. The molecule has 0 saturated heterocycles. The Labute approximate surface area is 233 Å². The van der Waals surface area contributed by atoms with Crippen LogP contribution >= 0.6 is 0 Å². The lowest BCUT2D eigenvalue weighted by Crippen LogP contribution is -2.56. The maximum atomic E-state index is 14.7. The molecule has 0 spiro atoms. The second-order valence-corrected chi connectivity index (χ2v) is 12.1. The van der Waals surface area contributed by atoms with Gasteiger partial charge >= 0.3 is 11.9 Å². The van der Waals surface area contributed by atoms with Crippen LogP contribution in [0.1, 0.15) is 51.7 Å². The standard InChI is InChI=1S/C29H42N2O7S/c1-21(2)17-26(28(32)37-6)30(19-23-11-9-8-10-12-23)39(34,35)31(27(18-22(3)4)29(33)38-7)20-24-13-15-25(36-5)16-14-24/h8-16,21-22,26-27H,17-20H2,1-7H3/t26-,27-/m0/s1. The Morgan fingerprint density at radius 1 is 0.692 bits per heavy atom. The van der Waals surface area contributed by atoms with E-state index in [2.05, 4.69) is 0 Å². The monoisotopic (exact) mass is 562 g/mol. The zero-order valence-corrected chi connectivity index (χ0v) is 24.8. The Morgan fingerprint density at radius 3 is 1.46 bits per heavy atom. The van der Waals surface area contributed by atoms with E-state index in [4.69, 9.17) is 14.2 Å². The molecule has 2 aromatic carbocycles. The number of hydrogen-bond donors (Lipinski definition) is 0. The molecule has 39 heavy (non-hydrogen) atoms.